The number of hydrogen-bond donors (Lipinski definition) is 3. The normalized spacial score (nSPS) is 25.2. The van der Waals surface area contributed by atoms with Gasteiger partial charge in [-0.1, -0.05) is 0 Å². The predicted molar refractivity (Wildman–Crippen MR) is 72.5 cm³/mol. The summed E-state index contributed by atoms with van der Waals surface area (Å²) in [4.78, 5) is 4.17. The lowest BCUT2D eigenvalue weighted by molar-refractivity contribution is 0.0779. The molecule has 0 aromatic heterocycles. The molecule has 1 aliphatic rings. The molecule has 5 nitrogen and oxygen atoms in total. The highest BCUT2D eigenvalue weighted by atomic mass is 32.2. The van der Waals surface area contributed by atoms with E-state index < -0.39 is 5.60 Å². The molecule has 6 heteroatoms. The number of guanidine groups is 1. The fraction of sp³-hybridized carbons (Fsp3) is 0.909. The lowest BCUT2D eigenvalue weighted by Gasteiger charge is -2.18. The van der Waals surface area contributed by atoms with Crippen molar-refractivity contribution in [3.8, 4) is 0 Å². The van der Waals surface area contributed by atoms with Crippen LogP contribution >= 0.6 is 11.8 Å². The fourth-order valence-electron chi connectivity index (χ4n) is 1.54. The Labute approximate surface area is 107 Å². The fourth-order valence-corrected chi connectivity index (χ4v) is 2.83. The van der Waals surface area contributed by atoms with Gasteiger partial charge >= 0.3 is 0 Å². The molecule has 1 saturated heterocycles. The Hall–Kier alpha value is -0.460. The van der Waals surface area contributed by atoms with Crippen LogP contribution in [0.2, 0.25) is 0 Å². The molecule has 1 unspecified atom stereocenters. The van der Waals surface area contributed by atoms with Gasteiger partial charge in [0.05, 0.1) is 12.1 Å². The molecule has 1 atom stereocenters. The standard InChI is InChI=1S/C11H23N3O2S/c1-2-16-6-3-5-13-10(12)14-8-11(15)4-7-17-9-11/h15H,2-9H2,1H3,(H3,12,13,14). The Morgan fingerprint density at radius 1 is 1.65 bits per heavy atom. The van der Waals surface area contributed by atoms with E-state index in [2.05, 4.69) is 10.3 Å². The molecule has 0 aromatic rings. The summed E-state index contributed by atoms with van der Waals surface area (Å²) in [7, 11) is 0. The number of thioether (sulfide) groups is 1. The Balaban J connectivity index is 2.11. The summed E-state index contributed by atoms with van der Waals surface area (Å²) >= 11 is 1.76. The molecule has 0 spiro atoms. The van der Waals surface area contributed by atoms with Gasteiger partial charge in [0.25, 0.3) is 0 Å². The smallest absolute Gasteiger partial charge is 0.188 e. The van der Waals surface area contributed by atoms with Crippen LogP contribution in [0.1, 0.15) is 19.8 Å². The Morgan fingerprint density at radius 3 is 3.12 bits per heavy atom. The molecule has 1 aliphatic heterocycles. The van der Waals surface area contributed by atoms with E-state index in [1.54, 1.807) is 11.8 Å². The van der Waals surface area contributed by atoms with Crippen LogP contribution in [0.5, 0.6) is 0 Å². The highest BCUT2D eigenvalue weighted by Gasteiger charge is 2.31. The first kappa shape index (κ1) is 14.6. The highest BCUT2D eigenvalue weighted by molar-refractivity contribution is 7.99. The van der Waals surface area contributed by atoms with Crippen molar-refractivity contribution in [3.63, 3.8) is 0 Å². The summed E-state index contributed by atoms with van der Waals surface area (Å²) < 4.78 is 5.21. The third-order valence-electron chi connectivity index (χ3n) is 2.60. The van der Waals surface area contributed by atoms with Crippen molar-refractivity contribution < 1.29 is 9.84 Å². The molecule has 4 N–H and O–H groups in total. The SMILES string of the molecule is CCOCCCNC(N)=NCC1(O)CCSC1. The number of rotatable bonds is 7. The van der Waals surface area contributed by atoms with Gasteiger partial charge in [0.1, 0.15) is 0 Å². The van der Waals surface area contributed by atoms with Crippen LogP contribution in [0.15, 0.2) is 4.99 Å². The van der Waals surface area contributed by atoms with Gasteiger partial charge in [0.2, 0.25) is 0 Å². The molecule has 17 heavy (non-hydrogen) atoms. The summed E-state index contributed by atoms with van der Waals surface area (Å²) in [6.45, 7) is 4.60. The van der Waals surface area contributed by atoms with Gasteiger partial charge in [0, 0.05) is 25.5 Å². The van der Waals surface area contributed by atoms with E-state index in [9.17, 15) is 5.11 Å². The first-order valence-corrected chi connectivity index (χ1v) is 7.23. The Bertz CT molecular complexity index is 243. The molecular formula is C11H23N3O2S. The van der Waals surface area contributed by atoms with Gasteiger partial charge in [0.15, 0.2) is 5.96 Å². The number of hydrogen-bond acceptors (Lipinski definition) is 4. The summed E-state index contributed by atoms with van der Waals surface area (Å²) in [5, 5.41) is 13.1. The maximum atomic E-state index is 10.1. The average Bonchev–Trinajstić information content (AvgIpc) is 2.74. The molecule has 1 heterocycles. The van der Waals surface area contributed by atoms with Crippen LogP contribution in [0.3, 0.4) is 0 Å². The van der Waals surface area contributed by atoms with Gasteiger partial charge in [-0.2, -0.15) is 11.8 Å². The molecule has 0 amide bonds. The number of nitrogens with zero attached hydrogens (tertiary/aromatic N) is 1. The van der Waals surface area contributed by atoms with E-state index in [4.69, 9.17) is 10.5 Å². The average molecular weight is 261 g/mol. The molecule has 0 aliphatic carbocycles. The van der Waals surface area contributed by atoms with Crippen molar-refractivity contribution in [1.29, 1.82) is 0 Å². The minimum Gasteiger partial charge on any atom is -0.387 e. The van der Waals surface area contributed by atoms with Crippen LogP contribution in [0, 0.1) is 0 Å². The molecule has 0 saturated carbocycles. The zero-order chi connectivity index (χ0) is 12.6. The van der Waals surface area contributed by atoms with Crippen molar-refractivity contribution >= 4 is 17.7 Å². The van der Waals surface area contributed by atoms with E-state index in [0.29, 0.717) is 12.5 Å². The lowest BCUT2D eigenvalue weighted by atomic mass is 10.1. The van der Waals surface area contributed by atoms with Crippen molar-refractivity contribution in [2.45, 2.75) is 25.4 Å². The van der Waals surface area contributed by atoms with Crippen molar-refractivity contribution in [3.05, 3.63) is 0 Å². The first-order chi connectivity index (χ1) is 8.16. The Kier molecular flexibility index (Phi) is 6.69. The van der Waals surface area contributed by atoms with Gasteiger partial charge in [-0.05, 0) is 25.5 Å². The maximum Gasteiger partial charge on any atom is 0.188 e. The van der Waals surface area contributed by atoms with Crippen LogP contribution in [-0.2, 0) is 4.74 Å². The number of aliphatic hydroxyl groups is 1. The molecule has 1 rings (SSSR count). The van der Waals surface area contributed by atoms with Crippen LogP contribution in [0.25, 0.3) is 0 Å². The second kappa shape index (κ2) is 7.79. The molecule has 0 radical (unpaired) electrons. The third-order valence-corrected chi connectivity index (χ3v) is 3.84. The van der Waals surface area contributed by atoms with E-state index in [0.717, 1.165) is 44.1 Å². The van der Waals surface area contributed by atoms with Crippen molar-refractivity contribution in [1.82, 2.24) is 5.32 Å². The zero-order valence-electron chi connectivity index (χ0n) is 10.4. The Morgan fingerprint density at radius 2 is 2.47 bits per heavy atom. The van der Waals surface area contributed by atoms with Crippen LogP contribution < -0.4 is 11.1 Å². The maximum absolute atomic E-state index is 10.1. The second-order valence-corrected chi connectivity index (χ2v) is 5.31. The number of nitrogens with one attached hydrogen (secondary N) is 1. The molecule has 100 valence electrons. The minimum absolute atomic E-state index is 0.393. The summed E-state index contributed by atoms with van der Waals surface area (Å²) in [6, 6.07) is 0. The van der Waals surface area contributed by atoms with Crippen LogP contribution in [-0.4, -0.2) is 54.5 Å². The predicted octanol–water partition coefficient (Wildman–Crippen LogP) is 0.185. The van der Waals surface area contributed by atoms with E-state index in [1.165, 1.54) is 0 Å². The van der Waals surface area contributed by atoms with Crippen molar-refractivity contribution in [2.24, 2.45) is 10.7 Å². The quantitative estimate of drug-likeness (QED) is 0.346. The molecule has 0 bridgehead atoms. The monoisotopic (exact) mass is 261 g/mol. The summed E-state index contributed by atoms with van der Waals surface area (Å²) in [5.41, 5.74) is 5.06. The van der Waals surface area contributed by atoms with Crippen LogP contribution in [0.4, 0.5) is 0 Å². The second-order valence-electron chi connectivity index (χ2n) is 4.21. The topological polar surface area (TPSA) is 79.9 Å². The van der Waals surface area contributed by atoms with Crippen molar-refractivity contribution in [2.75, 3.05) is 37.8 Å². The molecule has 0 aromatic carbocycles. The highest BCUT2D eigenvalue weighted by Crippen LogP contribution is 2.27. The number of ether oxygens (including phenoxy) is 1. The van der Waals surface area contributed by atoms with E-state index >= 15 is 0 Å². The van der Waals surface area contributed by atoms with Gasteiger partial charge in [-0.25, -0.2) is 0 Å². The third kappa shape index (κ3) is 6.14. The summed E-state index contributed by atoms with van der Waals surface area (Å²) in [5.74, 6) is 2.17. The molecule has 1 fully saturated rings. The minimum atomic E-state index is -0.651. The lowest BCUT2D eigenvalue weighted by Crippen LogP contribution is -2.37. The van der Waals surface area contributed by atoms with Gasteiger partial charge < -0.3 is 20.9 Å². The molecular weight excluding hydrogens is 238 g/mol. The zero-order valence-corrected chi connectivity index (χ0v) is 11.3. The van der Waals surface area contributed by atoms with E-state index in [-0.39, 0.29) is 0 Å². The largest absolute Gasteiger partial charge is 0.387 e. The first-order valence-electron chi connectivity index (χ1n) is 6.08. The van der Waals surface area contributed by atoms with Gasteiger partial charge in [-0.3, -0.25) is 4.99 Å². The number of aliphatic imine (C=N–C) groups is 1. The van der Waals surface area contributed by atoms with E-state index in [1.807, 2.05) is 6.92 Å². The summed E-state index contributed by atoms with van der Waals surface area (Å²) in [6.07, 6.45) is 1.71. The number of nitrogens with two attached hydrogens (primary N) is 1. The van der Waals surface area contributed by atoms with Gasteiger partial charge in [-0.15, -0.1) is 0 Å².